The Morgan fingerprint density at radius 3 is 2.87 bits per heavy atom. The number of rotatable bonds is 1. The molecule has 1 heterocycles. The number of nitrogens with one attached hydrogen (secondary N) is 1. The zero-order valence-electron chi connectivity index (χ0n) is 8.26. The fourth-order valence-corrected chi connectivity index (χ4v) is 2.01. The van der Waals surface area contributed by atoms with Gasteiger partial charge in [0.1, 0.15) is 11.7 Å². The standard InChI is InChI=1S/C11H12ClFN2/c12-9-5-4-8(13)7-10(9)15-6-2-1-3-11(15)14/h4-5,7,14H,1-3,6H2. The molecule has 15 heavy (non-hydrogen) atoms. The van der Waals surface area contributed by atoms with Crippen molar-refractivity contribution in [3.63, 3.8) is 0 Å². The van der Waals surface area contributed by atoms with Gasteiger partial charge in [0.25, 0.3) is 0 Å². The third kappa shape index (κ3) is 2.12. The number of halogens is 2. The van der Waals surface area contributed by atoms with Crippen LogP contribution in [0.1, 0.15) is 19.3 Å². The van der Waals surface area contributed by atoms with Crippen LogP contribution in [0.5, 0.6) is 0 Å². The van der Waals surface area contributed by atoms with E-state index in [1.165, 1.54) is 18.2 Å². The van der Waals surface area contributed by atoms with Crippen molar-refractivity contribution in [1.82, 2.24) is 0 Å². The first kappa shape index (κ1) is 10.4. The van der Waals surface area contributed by atoms with Gasteiger partial charge >= 0.3 is 0 Å². The molecule has 0 amide bonds. The van der Waals surface area contributed by atoms with Gasteiger partial charge in [0.15, 0.2) is 0 Å². The van der Waals surface area contributed by atoms with E-state index in [0.717, 1.165) is 25.8 Å². The zero-order chi connectivity index (χ0) is 10.8. The van der Waals surface area contributed by atoms with Crippen LogP contribution in [0.3, 0.4) is 0 Å². The molecule has 1 aliphatic rings. The van der Waals surface area contributed by atoms with Crippen LogP contribution in [-0.2, 0) is 0 Å². The van der Waals surface area contributed by atoms with Crippen LogP contribution < -0.4 is 4.90 Å². The first-order chi connectivity index (χ1) is 7.18. The summed E-state index contributed by atoms with van der Waals surface area (Å²) in [5.74, 6) is 0.210. The number of amidine groups is 1. The highest BCUT2D eigenvalue weighted by molar-refractivity contribution is 6.33. The van der Waals surface area contributed by atoms with Gasteiger partial charge < -0.3 is 4.90 Å². The van der Waals surface area contributed by atoms with Gasteiger partial charge in [-0.3, -0.25) is 5.41 Å². The Hall–Kier alpha value is -1.09. The number of hydrogen-bond acceptors (Lipinski definition) is 1. The molecule has 0 atom stereocenters. The number of nitrogens with zero attached hydrogens (tertiary/aromatic N) is 1. The summed E-state index contributed by atoms with van der Waals surface area (Å²) in [5.41, 5.74) is 0.612. The lowest BCUT2D eigenvalue weighted by atomic mass is 10.1. The molecule has 0 unspecified atom stereocenters. The maximum atomic E-state index is 13.1. The van der Waals surface area contributed by atoms with E-state index in [0.29, 0.717) is 16.5 Å². The largest absolute Gasteiger partial charge is 0.329 e. The molecule has 0 aromatic heterocycles. The number of hydrogen-bond donors (Lipinski definition) is 1. The van der Waals surface area contributed by atoms with Crippen molar-refractivity contribution in [1.29, 1.82) is 5.41 Å². The molecule has 0 saturated carbocycles. The van der Waals surface area contributed by atoms with Crippen molar-refractivity contribution in [3.8, 4) is 0 Å². The Labute approximate surface area is 93.2 Å². The molecule has 80 valence electrons. The van der Waals surface area contributed by atoms with Crippen LogP contribution in [-0.4, -0.2) is 12.4 Å². The molecular weight excluding hydrogens is 215 g/mol. The molecule has 1 aromatic carbocycles. The lowest BCUT2D eigenvalue weighted by Crippen LogP contribution is -2.34. The predicted octanol–water partition coefficient (Wildman–Crippen LogP) is 3.45. The molecule has 0 aliphatic carbocycles. The Bertz CT molecular complexity index is 392. The highest BCUT2D eigenvalue weighted by Crippen LogP contribution is 2.29. The van der Waals surface area contributed by atoms with E-state index in [1.54, 1.807) is 4.90 Å². The monoisotopic (exact) mass is 226 g/mol. The lowest BCUT2D eigenvalue weighted by molar-refractivity contribution is 0.626. The van der Waals surface area contributed by atoms with Crippen LogP contribution in [0.25, 0.3) is 0 Å². The van der Waals surface area contributed by atoms with Crippen molar-refractivity contribution in [3.05, 3.63) is 29.0 Å². The SMILES string of the molecule is N=C1CCCCN1c1cc(F)ccc1Cl. The maximum absolute atomic E-state index is 13.1. The van der Waals surface area contributed by atoms with E-state index in [-0.39, 0.29) is 5.82 Å². The Morgan fingerprint density at radius 1 is 1.33 bits per heavy atom. The van der Waals surface area contributed by atoms with Gasteiger partial charge in [-0.05, 0) is 31.0 Å². The minimum absolute atomic E-state index is 0.312. The Morgan fingerprint density at radius 2 is 2.13 bits per heavy atom. The summed E-state index contributed by atoms with van der Waals surface area (Å²) >= 11 is 5.99. The Kier molecular flexibility index (Phi) is 2.91. The van der Waals surface area contributed by atoms with Crippen molar-refractivity contribution in [2.45, 2.75) is 19.3 Å². The topological polar surface area (TPSA) is 27.1 Å². The normalized spacial score (nSPS) is 16.9. The van der Waals surface area contributed by atoms with E-state index in [4.69, 9.17) is 17.0 Å². The molecular formula is C11H12ClFN2. The van der Waals surface area contributed by atoms with E-state index in [1.807, 2.05) is 0 Å². The van der Waals surface area contributed by atoms with Gasteiger partial charge in [0, 0.05) is 13.0 Å². The zero-order valence-corrected chi connectivity index (χ0v) is 9.02. The fraction of sp³-hybridized carbons (Fsp3) is 0.364. The van der Waals surface area contributed by atoms with Gasteiger partial charge in [-0.2, -0.15) is 0 Å². The van der Waals surface area contributed by atoms with Crippen molar-refractivity contribution < 1.29 is 4.39 Å². The summed E-state index contributed by atoms with van der Waals surface area (Å²) in [7, 11) is 0. The van der Waals surface area contributed by atoms with E-state index in [9.17, 15) is 4.39 Å². The minimum atomic E-state index is -0.312. The average Bonchev–Trinajstić information content (AvgIpc) is 2.23. The third-order valence-electron chi connectivity index (χ3n) is 2.57. The summed E-state index contributed by atoms with van der Waals surface area (Å²) in [4.78, 5) is 1.79. The molecule has 2 rings (SSSR count). The number of piperidine rings is 1. The highest BCUT2D eigenvalue weighted by Gasteiger charge is 2.19. The predicted molar refractivity (Wildman–Crippen MR) is 60.3 cm³/mol. The quantitative estimate of drug-likeness (QED) is 0.780. The first-order valence-electron chi connectivity index (χ1n) is 4.98. The molecule has 0 bridgehead atoms. The fourth-order valence-electron chi connectivity index (χ4n) is 1.79. The number of anilines is 1. The summed E-state index contributed by atoms with van der Waals surface area (Å²) < 4.78 is 13.1. The van der Waals surface area contributed by atoms with Crippen LogP contribution in [0.4, 0.5) is 10.1 Å². The maximum Gasteiger partial charge on any atom is 0.125 e. The summed E-state index contributed by atoms with van der Waals surface area (Å²) in [6.45, 7) is 0.752. The van der Waals surface area contributed by atoms with Gasteiger partial charge in [0.05, 0.1) is 10.7 Å². The molecule has 2 nitrogen and oxygen atoms in total. The van der Waals surface area contributed by atoms with Gasteiger partial charge in [0.2, 0.25) is 0 Å². The Balaban J connectivity index is 2.34. The lowest BCUT2D eigenvalue weighted by Gasteiger charge is -2.30. The average molecular weight is 227 g/mol. The van der Waals surface area contributed by atoms with Crippen molar-refractivity contribution in [2.24, 2.45) is 0 Å². The van der Waals surface area contributed by atoms with Gasteiger partial charge in [-0.15, -0.1) is 0 Å². The molecule has 1 aliphatic heterocycles. The first-order valence-corrected chi connectivity index (χ1v) is 5.36. The van der Waals surface area contributed by atoms with Crippen LogP contribution in [0.15, 0.2) is 18.2 Å². The molecule has 0 radical (unpaired) electrons. The van der Waals surface area contributed by atoms with Crippen molar-refractivity contribution >= 4 is 23.1 Å². The summed E-state index contributed by atoms with van der Waals surface area (Å²) in [5, 5.41) is 8.30. The highest BCUT2D eigenvalue weighted by atomic mass is 35.5. The third-order valence-corrected chi connectivity index (χ3v) is 2.89. The van der Waals surface area contributed by atoms with E-state index >= 15 is 0 Å². The number of benzene rings is 1. The van der Waals surface area contributed by atoms with Gasteiger partial charge in [-0.25, -0.2) is 4.39 Å². The minimum Gasteiger partial charge on any atom is -0.329 e. The molecule has 4 heteroatoms. The molecule has 0 spiro atoms. The van der Waals surface area contributed by atoms with E-state index in [2.05, 4.69) is 0 Å². The summed E-state index contributed by atoms with van der Waals surface area (Å²) in [6, 6.07) is 4.26. The summed E-state index contributed by atoms with van der Waals surface area (Å²) in [6.07, 6.45) is 2.80. The molecule has 1 fully saturated rings. The second-order valence-electron chi connectivity index (χ2n) is 3.65. The van der Waals surface area contributed by atoms with Crippen molar-refractivity contribution in [2.75, 3.05) is 11.4 Å². The van der Waals surface area contributed by atoms with Crippen LogP contribution >= 0.6 is 11.6 Å². The van der Waals surface area contributed by atoms with E-state index < -0.39 is 0 Å². The second kappa shape index (κ2) is 4.19. The molecule has 1 saturated heterocycles. The molecule has 1 aromatic rings. The molecule has 1 N–H and O–H groups in total. The van der Waals surface area contributed by atoms with Gasteiger partial charge in [-0.1, -0.05) is 11.6 Å². The smallest absolute Gasteiger partial charge is 0.125 e. The van der Waals surface area contributed by atoms with Crippen LogP contribution in [0.2, 0.25) is 5.02 Å². The van der Waals surface area contributed by atoms with Crippen LogP contribution in [0, 0.1) is 11.2 Å². The second-order valence-corrected chi connectivity index (χ2v) is 4.06.